The second-order valence-corrected chi connectivity index (χ2v) is 3.87. The van der Waals surface area contributed by atoms with Gasteiger partial charge in [-0.15, -0.1) is 0 Å². The Morgan fingerprint density at radius 1 is 1.44 bits per heavy atom. The van der Waals surface area contributed by atoms with E-state index in [1.165, 1.54) is 30.1 Å². The van der Waals surface area contributed by atoms with Crippen LogP contribution < -0.4 is 10.6 Å². The van der Waals surface area contributed by atoms with E-state index in [0.29, 0.717) is 5.69 Å². The van der Waals surface area contributed by atoms with E-state index >= 15 is 0 Å². The van der Waals surface area contributed by atoms with Gasteiger partial charge in [-0.05, 0) is 18.2 Å². The fourth-order valence-electron chi connectivity index (χ4n) is 1.46. The molecule has 0 heterocycles. The first-order chi connectivity index (χ1) is 8.20. The molecule has 1 rings (SSSR count). The van der Waals surface area contributed by atoms with Crippen LogP contribution in [0.4, 0.5) is 24.5 Å². The van der Waals surface area contributed by atoms with Gasteiger partial charge in [0, 0.05) is 19.3 Å². The van der Waals surface area contributed by atoms with Crippen molar-refractivity contribution >= 4 is 17.3 Å². The molecule has 100 valence electrons. The lowest BCUT2D eigenvalue weighted by atomic mass is 10.1. The molecule has 0 aromatic heterocycles. The van der Waals surface area contributed by atoms with Gasteiger partial charge < -0.3 is 15.7 Å². The van der Waals surface area contributed by atoms with Gasteiger partial charge in [0.05, 0.1) is 17.7 Å². The van der Waals surface area contributed by atoms with Crippen molar-refractivity contribution < 1.29 is 23.1 Å². The van der Waals surface area contributed by atoms with E-state index in [2.05, 4.69) is 0 Å². The van der Waals surface area contributed by atoms with Crippen molar-refractivity contribution in [2.75, 3.05) is 24.2 Å². The van der Waals surface area contributed by atoms with E-state index in [4.69, 9.17) is 10.8 Å². The lowest BCUT2D eigenvalue weighted by Gasteiger charge is -2.22. The SMILES string of the molecule is CN(CCC(F)(F)F)c1cc(N)ccc1C(=O)O. The molecule has 1 aromatic carbocycles. The maximum Gasteiger partial charge on any atom is 0.390 e. The Hall–Kier alpha value is -1.92. The van der Waals surface area contributed by atoms with Gasteiger partial charge in [-0.25, -0.2) is 4.79 Å². The van der Waals surface area contributed by atoms with Gasteiger partial charge >= 0.3 is 12.1 Å². The molecule has 0 aliphatic heterocycles. The highest BCUT2D eigenvalue weighted by atomic mass is 19.4. The summed E-state index contributed by atoms with van der Waals surface area (Å²) in [7, 11) is 1.40. The Labute approximate surface area is 102 Å². The van der Waals surface area contributed by atoms with Crippen molar-refractivity contribution in [3.05, 3.63) is 23.8 Å². The molecule has 0 saturated heterocycles. The number of benzene rings is 1. The van der Waals surface area contributed by atoms with Crippen molar-refractivity contribution in [1.29, 1.82) is 0 Å². The summed E-state index contributed by atoms with van der Waals surface area (Å²) in [5, 5.41) is 8.94. The van der Waals surface area contributed by atoms with Crippen LogP contribution in [0.25, 0.3) is 0 Å². The van der Waals surface area contributed by atoms with Crippen molar-refractivity contribution in [3.63, 3.8) is 0 Å². The molecule has 0 unspecified atom stereocenters. The van der Waals surface area contributed by atoms with Crippen molar-refractivity contribution in [3.8, 4) is 0 Å². The Morgan fingerprint density at radius 2 is 2.06 bits per heavy atom. The highest BCUT2D eigenvalue weighted by Crippen LogP contribution is 2.25. The zero-order chi connectivity index (χ0) is 13.9. The molecule has 1 aromatic rings. The van der Waals surface area contributed by atoms with Gasteiger partial charge in [0.25, 0.3) is 0 Å². The number of nitrogens with two attached hydrogens (primary N) is 1. The molecule has 0 bridgehead atoms. The van der Waals surface area contributed by atoms with E-state index in [1.807, 2.05) is 0 Å². The molecule has 0 spiro atoms. The number of rotatable bonds is 4. The summed E-state index contributed by atoms with van der Waals surface area (Å²) in [6.45, 7) is -0.326. The predicted octanol–water partition coefficient (Wildman–Crippen LogP) is 2.36. The first-order valence-electron chi connectivity index (χ1n) is 5.11. The van der Waals surface area contributed by atoms with Crippen molar-refractivity contribution in [2.24, 2.45) is 0 Å². The van der Waals surface area contributed by atoms with E-state index < -0.39 is 18.6 Å². The Bertz CT molecular complexity index is 446. The third-order valence-electron chi connectivity index (χ3n) is 2.39. The van der Waals surface area contributed by atoms with Gasteiger partial charge in [-0.3, -0.25) is 0 Å². The van der Waals surface area contributed by atoms with Crippen LogP contribution in [0.3, 0.4) is 0 Å². The van der Waals surface area contributed by atoms with Gasteiger partial charge in [0.15, 0.2) is 0 Å². The van der Waals surface area contributed by atoms with E-state index in [1.54, 1.807) is 0 Å². The molecular formula is C11H13F3N2O2. The summed E-state index contributed by atoms with van der Waals surface area (Å²) in [5.74, 6) is -1.20. The number of halogens is 3. The molecule has 4 nitrogen and oxygen atoms in total. The Morgan fingerprint density at radius 3 is 2.56 bits per heavy atom. The van der Waals surface area contributed by atoms with Gasteiger partial charge in [0.2, 0.25) is 0 Å². The monoisotopic (exact) mass is 262 g/mol. The zero-order valence-corrected chi connectivity index (χ0v) is 9.66. The van der Waals surface area contributed by atoms with Crippen LogP contribution in [0.2, 0.25) is 0 Å². The van der Waals surface area contributed by atoms with Gasteiger partial charge in [0.1, 0.15) is 0 Å². The largest absolute Gasteiger partial charge is 0.478 e. The molecule has 3 N–H and O–H groups in total. The number of nitrogen functional groups attached to an aromatic ring is 1. The topological polar surface area (TPSA) is 66.6 Å². The molecule has 0 atom stereocenters. The quantitative estimate of drug-likeness (QED) is 0.817. The predicted molar refractivity (Wildman–Crippen MR) is 61.8 cm³/mol. The first kappa shape index (κ1) is 14.1. The molecule has 0 aliphatic carbocycles. The van der Waals surface area contributed by atoms with E-state index in [-0.39, 0.29) is 17.8 Å². The summed E-state index contributed by atoms with van der Waals surface area (Å²) < 4.78 is 36.3. The number of hydrogen-bond acceptors (Lipinski definition) is 3. The normalized spacial score (nSPS) is 11.3. The van der Waals surface area contributed by atoms with Crippen LogP contribution in [-0.2, 0) is 0 Å². The lowest BCUT2D eigenvalue weighted by molar-refractivity contribution is -0.132. The lowest BCUT2D eigenvalue weighted by Crippen LogP contribution is -2.25. The second-order valence-electron chi connectivity index (χ2n) is 3.87. The standard InChI is InChI=1S/C11H13F3N2O2/c1-16(5-4-11(12,13)14)9-6-7(15)2-3-8(9)10(17)18/h2-3,6H,4-5,15H2,1H3,(H,17,18). The molecule has 0 saturated carbocycles. The summed E-state index contributed by atoms with van der Waals surface area (Å²) in [5.41, 5.74) is 5.90. The molecule has 0 fully saturated rings. The van der Waals surface area contributed by atoms with Crippen molar-refractivity contribution in [2.45, 2.75) is 12.6 Å². The molecule has 0 aliphatic rings. The minimum atomic E-state index is -4.28. The van der Waals surface area contributed by atoms with Crippen LogP contribution in [0.5, 0.6) is 0 Å². The highest BCUT2D eigenvalue weighted by molar-refractivity contribution is 5.95. The molecule has 0 amide bonds. The average Bonchev–Trinajstić information content (AvgIpc) is 2.24. The first-order valence-corrected chi connectivity index (χ1v) is 5.11. The van der Waals surface area contributed by atoms with Crippen LogP contribution in [0.1, 0.15) is 16.8 Å². The average molecular weight is 262 g/mol. The molecule has 7 heteroatoms. The fourth-order valence-corrected chi connectivity index (χ4v) is 1.46. The Balaban J connectivity index is 2.93. The Kier molecular flexibility index (Phi) is 4.05. The van der Waals surface area contributed by atoms with Gasteiger partial charge in [-0.2, -0.15) is 13.2 Å². The van der Waals surface area contributed by atoms with Crippen LogP contribution in [0.15, 0.2) is 18.2 Å². The van der Waals surface area contributed by atoms with Crippen LogP contribution in [-0.4, -0.2) is 30.8 Å². The van der Waals surface area contributed by atoms with Crippen molar-refractivity contribution in [1.82, 2.24) is 0 Å². The number of alkyl halides is 3. The third-order valence-corrected chi connectivity index (χ3v) is 2.39. The summed E-state index contributed by atoms with van der Waals surface area (Å²) in [6, 6.07) is 4.02. The number of carboxylic acids is 1. The van der Waals surface area contributed by atoms with Crippen LogP contribution in [0, 0.1) is 0 Å². The zero-order valence-electron chi connectivity index (χ0n) is 9.66. The number of aromatic carboxylic acids is 1. The number of nitrogens with zero attached hydrogens (tertiary/aromatic N) is 1. The minimum Gasteiger partial charge on any atom is -0.478 e. The van der Waals surface area contributed by atoms with Crippen LogP contribution >= 0.6 is 0 Å². The minimum absolute atomic E-state index is 0.0751. The highest BCUT2D eigenvalue weighted by Gasteiger charge is 2.27. The van der Waals surface area contributed by atoms with Gasteiger partial charge in [-0.1, -0.05) is 0 Å². The number of carboxylic acid groups (broad SMARTS) is 1. The third kappa shape index (κ3) is 3.83. The van der Waals surface area contributed by atoms with E-state index in [9.17, 15) is 18.0 Å². The molecule has 0 radical (unpaired) electrons. The maximum absolute atomic E-state index is 12.1. The smallest absolute Gasteiger partial charge is 0.390 e. The molecule has 18 heavy (non-hydrogen) atoms. The summed E-state index contributed by atoms with van der Waals surface area (Å²) in [4.78, 5) is 12.2. The summed E-state index contributed by atoms with van der Waals surface area (Å²) >= 11 is 0. The summed E-state index contributed by atoms with van der Waals surface area (Å²) in [6.07, 6.45) is -5.30. The number of carbonyl (C=O) groups is 1. The number of anilines is 2. The second kappa shape index (κ2) is 5.16. The fraction of sp³-hybridized carbons (Fsp3) is 0.364. The van der Waals surface area contributed by atoms with E-state index in [0.717, 1.165) is 0 Å². The number of hydrogen-bond donors (Lipinski definition) is 2. The molecular weight excluding hydrogens is 249 g/mol. The maximum atomic E-state index is 12.1.